The van der Waals surface area contributed by atoms with Crippen molar-refractivity contribution < 1.29 is 4.79 Å². The highest BCUT2D eigenvalue weighted by Crippen LogP contribution is 2.11. The maximum atomic E-state index is 12.2. The molecule has 1 rings (SSSR count). The molecule has 0 bridgehead atoms. The summed E-state index contributed by atoms with van der Waals surface area (Å²) in [6, 6.07) is 7.77. The Morgan fingerprint density at radius 2 is 1.79 bits per heavy atom. The first-order valence-electron chi connectivity index (χ1n) is 7.29. The number of carbonyl (C=O) groups is 1. The van der Waals surface area contributed by atoms with E-state index in [1.165, 1.54) is 0 Å². The minimum Gasteiger partial charge on any atom is -0.399 e. The number of nitrogen functional groups attached to an aromatic ring is 1. The van der Waals surface area contributed by atoms with Crippen molar-refractivity contribution in [3.63, 3.8) is 0 Å². The van der Waals surface area contributed by atoms with E-state index in [1.807, 2.05) is 29.2 Å². The molecule has 1 aromatic rings. The summed E-state index contributed by atoms with van der Waals surface area (Å²) in [4.78, 5) is 14.1. The average molecular weight is 262 g/mol. The number of hydrogen-bond acceptors (Lipinski definition) is 2. The Hall–Kier alpha value is -1.51. The number of hydrogen-bond donors (Lipinski definition) is 1. The molecule has 0 saturated carbocycles. The van der Waals surface area contributed by atoms with Gasteiger partial charge in [-0.15, -0.1) is 0 Å². The first kappa shape index (κ1) is 15.5. The van der Waals surface area contributed by atoms with Crippen molar-refractivity contribution in [2.75, 3.05) is 12.3 Å². The number of nitrogens with two attached hydrogens (primary N) is 1. The molecular weight excluding hydrogens is 236 g/mol. The lowest BCUT2D eigenvalue weighted by Gasteiger charge is -2.22. The van der Waals surface area contributed by atoms with Crippen LogP contribution in [0.1, 0.15) is 51.5 Å². The summed E-state index contributed by atoms with van der Waals surface area (Å²) < 4.78 is 0. The van der Waals surface area contributed by atoms with Crippen LogP contribution in [0.5, 0.6) is 0 Å². The van der Waals surface area contributed by atoms with E-state index in [-0.39, 0.29) is 5.91 Å². The molecular formula is C16H26N2O. The lowest BCUT2D eigenvalue weighted by atomic mass is 10.1. The molecule has 0 fully saturated rings. The van der Waals surface area contributed by atoms with E-state index >= 15 is 0 Å². The molecule has 3 nitrogen and oxygen atoms in total. The third-order valence-corrected chi connectivity index (χ3v) is 3.19. The van der Waals surface area contributed by atoms with Crippen molar-refractivity contribution in [1.29, 1.82) is 0 Å². The van der Waals surface area contributed by atoms with Crippen LogP contribution in [0, 0.1) is 0 Å². The first-order valence-corrected chi connectivity index (χ1v) is 7.29. The zero-order valence-corrected chi connectivity index (χ0v) is 12.2. The predicted octanol–water partition coefficient (Wildman–Crippen LogP) is 3.59. The second kappa shape index (κ2) is 8.57. The molecule has 0 aromatic heterocycles. The number of anilines is 1. The van der Waals surface area contributed by atoms with E-state index in [1.54, 1.807) is 0 Å². The van der Waals surface area contributed by atoms with Crippen LogP contribution in [-0.2, 0) is 11.3 Å². The number of amides is 1. The third-order valence-electron chi connectivity index (χ3n) is 3.19. The molecule has 0 aliphatic heterocycles. The van der Waals surface area contributed by atoms with Crippen LogP contribution in [0.25, 0.3) is 0 Å². The fourth-order valence-electron chi connectivity index (χ4n) is 2.09. The molecule has 0 atom stereocenters. The van der Waals surface area contributed by atoms with Gasteiger partial charge in [-0.3, -0.25) is 4.79 Å². The Bertz CT molecular complexity index is 373. The van der Waals surface area contributed by atoms with Crippen molar-refractivity contribution in [3.05, 3.63) is 29.8 Å². The summed E-state index contributed by atoms with van der Waals surface area (Å²) in [6.45, 7) is 5.78. The van der Waals surface area contributed by atoms with Crippen LogP contribution >= 0.6 is 0 Å². The van der Waals surface area contributed by atoms with Crippen LogP contribution in [0.3, 0.4) is 0 Å². The second-order valence-electron chi connectivity index (χ2n) is 5.01. The van der Waals surface area contributed by atoms with Crippen LogP contribution in [-0.4, -0.2) is 17.4 Å². The molecule has 0 unspecified atom stereocenters. The van der Waals surface area contributed by atoms with E-state index in [9.17, 15) is 4.79 Å². The lowest BCUT2D eigenvalue weighted by Crippen LogP contribution is -2.31. The number of benzene rings is 1. The molecule has 0 aliphatic rings. The van der Waals surface area contributed by atoms with Gasteiger partial charge in [0.1, 0.15) is 0 Å². The van der Waals surface area contributed by atoms with Crippen LogP contribution in [0.2, 0.25) is 0 Å². The van der Waals surface area contributed by atoms with Crippen molar-refractivity contribution in [3.8, 4) is 0 Å². The van der Waals surface area contributed by atoms with Gasteiger partial charge in [0, 0.05) is 25.2 Å². The third kappa shape index (κ3) is 5.77. The Labute approximate surface area is 116 Å². The summed E-state index contributed by atoms with van der Waals surface area (Å²) in [7, 11) is 0. The fraction of sp³-hybridized carbons (Fsp3) is 0.562. The first-order chi connectivity index (χ1) is 9.17. The van der Waals surface area contributed by atoms with Crippen molar-refractivity contribution in [2.24, 2.45) is 0 Å². The number of carbonyl (C=O) groups excluding carboxylic acids is 1. The molecule has 0 aliphatic carbocycles. The lowest BCUT2D eigenvalue weighted by molar-refractivity contribution is -0.132. The normalized spacial score (nSPS) is 10.4. The molecule has 2 N–H and O–H groups in total. The Balaban J connectivity index is 2.56. The molecule has 3 heteroatoms. The maximum Gasteiger partial charge on any atom is 0.222 e. The zero-order valence-electron chi connectivity index (χ0n) is 12.2. The molecule has 1 aromatic carbocycles. The monoisotopic (exact) mass is 262 g/mol. The molecule has 0 radical (unpaired) electrons. The van der Waals surface area contributed by atoms with Gasteiger partial charge in [-0.25, -0.2) is 0 Å². The van der Waals surface area contributed by atoms with Gasteiger partial charge in [0.05, 0.1) is 0 Å². The van der Waals surface area contributed by atoms with E-state index in [4.69, 9.17) is 5.73 Å². The summed E-state index contributed by atoms with van der Waals surface area (Å²) in [5.74, 6) is 0.270. The van der Waals surface area contributed by atoms with Crippen molar-refractivity contribution in [2.45, 2.75) is 52.5 Å². The summed E-state index contributed by atoms with van der Waals surface area (Å²) >= 11 is 0. The van der Waals surface area contributed by atoms with Crippen LogP contribution in [0.15, 0.2) is 24.3 Å². The van der Waals surface area contributed by atoms with Gasteiger partial charge < -0.3 is 10.6 Å². The molecule has 106 valence electrons. The molecule has 1 amide bonds. The van der Waals surface area contributed by atoms with Crippen molar-refractivity contribution >= 4 is 11.6 Å². The molecule has 19 heavy (non-hydrogen) atoms. The number of unbranched alkanes of at least 4 members (excludes halogenated alkanes) is 2. The quantitative estimate of drug-likeness (QED) is 0.575. The standard InChI is InChI=1S/C16H26N2O/c1-3-5-6-7-16(19)18(12-4-2)13-14-8-10-15(17)11-9-14/h8-11H,3-7,12-13,17H2,1-2H3. The Morgan fingerprint density at radius 3 is 2.37 bits per heavy atom. The summed E-state index contributed by atoms with van der Waals surface area (Å²) in [5, 5.41) is 0. The Kier molecular flexibility index (Phi) is 7.01. The van der Waals surface area contributed by atoms with E-state index in [2.05, 4.69) is 13.8 Å². The SMILES string of the molecule is CCCCCC(=O)N(CCC)Cc1ccc(N)cc1. The van der Waals surface area contributed by atoms with Gasteiger partial charge >= 0.3 is 0 Å². The van der Waals surface area contributed by atoms with Gasteiger partial charge in [-0.05, 0) is 30.5 Å². The highest BCUT2D eigenvalue weighted by atomic mass is 16.2. The highest BCUT2D eigenvalue weighted by Gasteiger charge is 2.12. The van der Waals surface area contributed by atoms with E-state index < -0.39 is 0 Å². The minimum absolute atomic E-state index is 0.270. The van der Waals surface area contributed by atoms with Gasteiger partial charge in [0.2, 0.25) is 5.91 Å². The van der Waals surface area contributed by atoms with Gasteiger partial charge in [0.15, 0.2) is 0 Å². The van der Waals surface area contributed by atoms with Gasteiger partial charge in [-0.2, -0.15) is 0 Å². The van der Waals surface area contributed by atoms with Crippen molar-refractivity contribution in [1.82, 2.24) is 4.90 Å². The van der Waals surface area contributed by atoms with Crippen LogP contribution in [0.4, 0.5) is 5.69 Å². The molecule has 0 spiro atoms. The molecule has 0 saturated heterocycles. The topological polar surface area (TPSA) is 46.3 Å². The summed E-state index contributed by atoms with van der Waals surface area (Å²) in [6.07, 6.45) is 4.95. The minimum atomic E-state index is 0.270. The largest absolute Gasteiger partial charge is 0.399 e. The van der Waals surface area contributed by atoms with E-state index in [0.29, 0.717) is 13.0 Å². The smallest absolute Gasteiger partial charge is 0.222 e. The summed E-state index contributed by atoms with van der Waals surface area (Å²) in [5.41, 5.74) is 7.59. The van der Waals surface area contributed by atoms with Crippen LogP contribution < -0.4 is 5.73 Å². The second-order valence-corrected chi connectivity index (χ2v) is 5.01. The predicted molar refractivity (Wildman–Crippen MR) is 80.7 cm³/mol. The highest BCUT2D eigenvalue weighted by molar-refractivity contribution is 5.76. The Morgan fingerprint density at radius 1 is 1.11 bits per heavy atom. The average Bonchev–Trinajstić information content (AvgIpc) is 2.41. The number of nitrogens with zero attached hydrogens (tertiary/aromatic N) is 1. The number of rotatable bonds is 8. The van der Waals surface area contributed by atoms with Gasteiger partial charge in [0.25, 0.3) is 0 Å². The maximum absolute atomic E-state index is 12.2. The fourth-order valence-corrected chi connectivity index (χ4v) is 2.09. The molecule has 0 heterocycles. The zero-order chi connectivity index (χ0) is 14.1. The van der Waals surface area contributed by atoms with E-state index in [0.717, 1.165) is 43.5 Å². The van der Waals surface area contributed by atoms with Gasteiger partial charge in [-0.1, -0.05) is 38.8 Å².